The van der Waals surface area contributed by atoms with E-state index in [9.17, 15) is 9.59 Å². The molecule has 0 spiro atoms. The van der Waals surface area contributed by atoms with E-state index in [-0.39, 0.29) is 17.9 Å². The smallest absolute Gasteiger partial charge is 0.242 e. The lowest BCUT2D eigenvalue weighted by Crippen LogP contribution is -2.49. The largest absolute Gasteiger partial charge is 0.357 e. The minimum absolute atomic E-state index is 0.0219. The number of amides is 2. The molecule has 1 atom stereocenters. The first kappa shape index (κ1) is 13.4. The van der Waals surface area contributed by atoms with Crippen molar-refractivity contribution in [2.75, 3.05) is 19.3 Å². The molecule has 1 N–H and O–H groups in total. The van der Waals surface area contributed by atoms with Crippen molar-refractivity contribution in [1.29, 1.82) is 0 Å². The molecule has 1 aliphatic heterocycles. The van der Waals surface area contributed by atoms with Crippen LogP contribution in [0, 0.1) is 5.41 Å². The first-order chi connectivity index (χ1) is 7.44. The zero-order chi connectivity index (χ0) is 12.3. The van der Waals surface area contributed by atoms with Gasteiger partial charge in [0.2, 0.25) is 11.8 Å². The van der Waals surface area contributed by atoms with Gasteiger partial charge in [0.15, 0.2) is 0 Å². The molecule has 0 saturated carbocycles. The van der Waals surface area contributed by atoms with Crippen LogP contribution in [0.25, 0.3) is 0 Å². The molecule has 0 aromatic carbocycles. The van der Waals surface area contributed by atoms with Crippen LogP contribution in [-0.2, 0) is 9.59 Å². The highest BCUT2D eigenvalue weighted by molar-refractivity contribution is 7.80. The van der Waals surface area contributed by atoms with Gasteiger partial charge in [-0.2, -0.15) is 12.6 Å². The molecular weight excluding hydrogens is 224 g/mol. The van der Waals surface area contributed by atoms with E-state index in [0.29, 0.717) is 12.3 Å². The number of thiol groups is 1. The molecule has 1 unspecified atom stereocenters. The summed E-state index contributed by atoms with van der Waals surface area (Å²) in [5, 5.41) is 2.61. The van der Waals surface area contributed by atoms with Crippen molar-refractivity contribution in [3.05, 3.63) is 0 Å². The Hall–Kier alpha value is -0.710. The van der Waals surface area contributed by atoms with Gasteiger partial charge < -0.3 is 10.2 Å². The molecule has 0 aromatic rings. The second kappa shape index (κ2) is 5.08. The van der Waals surface area contributed by atoms with Crippen molar-refractivity contribution in [3.8, 4) is 0 Å². The van der Waals surface area contributed by atoms with Crippen LogP contribution in [0.5, 0.6) is 0 Å². The number of hydrogen-bond acceptors (Lipinski definition) is 3. The van der Waals surface area contributed by atoms with Crippen molar-refractivity contribution in [1.82, 2.24) is 10.2 Å². The number of likely N-dealkylation sites (tertiary alicyclic amines) is 1. The van der Waals surface area contributed by atoms with Gasteiger partial charge in [-0.05, 0) is 12.8 Å². The average molecular weight is 244 g/mol. The molecule has 0 bridgehead atoms. The topological polar surface area (TPSA) is 49.4 Å². The van der Waals surface area contributed by atoms with E-state index in [4.69, 9.17) is 0 Å². The fraction of sp³-hybridized carbons (Fsp3) is 0.818. The molecule has 0 radical (unpaired) electrons. The van der Waals surface area contributed by atoms with Crippen LogP contribution in [0.3, 0.4) is 0 Å². The Kier molecular flexibility index (Phi) is 4.24. The summed E-state index contributed by atoms with van der Waals surface area (Å²) >= 11 is 4.19. The highest BCUT2D eigenvalue weighted by atomic mass is 32.1. The molecule has 2 amide bonds. The van der Waals surface area contributed by atoms with E-state index in [0.717, 1.165) is 12.8 Å². The van der Waals surface area contributed by atoms with Crippen LogP contribution in [-0.4, -0.2) is 42.1 Å². The highest BCUT2D eigenvalue weighted by Gasteiger charge is 2.39. The van der Waals surface area contributed by atoms with Crippen LogP contribution in [0.1, 0.15) is 26.7 Å². The quantitative estimate of drug-likeness (QED) is 0.717. The van der Waals surface area contributed by atoms with E-state index in [2.05, 4.69) is 17.9 Å². The zero-order valence-electron chi connectivity index (χ0n) is 10.1. The van der Waals surface area contributed by atoms with Crippen molar-refractivity contribution in [2.45, 2.75) is 32.7 Å². The number of nitrogens with zero attached hydrogens (tertiary/aromatic N) is 1. The summed E-state index contributed by atoms with van der Waals surface area (Å²) < 4.78 is 0. The maximum Gasteiger partial charge on any atom is 0.242 e. The number of carbonyl (C=O) groups is 2. The minimum atomic E-state index is -0.500. The van der Waals surface area contributed by atoms with E-state index in [1.165, 1.54) is 0 Å². The summed E-state index contributed by atoms with van der Waals surface area (Å²) in [4.78, 5) is 25.5. The van der Waals surface area contributed by atoms with Crippen molar-refractivity contribution < 1.29 is 9.59 Å². The van der Waals surface area contributed by atoms with Crippen LogP contribution in [0.15, 0.2) is 0 Å². The molecule has 5 heteroatoms. The number of nitrogens with one attached hydrogen (secondary N) is 1. The summed E-state index contributed by atoms with van der Waals surface area (Å²) in [5.74, 6) is 0.442. The molecule has 4 nitrogen and oxygen atoms in total. The summed E-state index contributed by atoms with van der Waals surface area (Å²) in [6.45, 7) is 4.40. The SMILES string of the molecule is CNC(=O)C1CCCN1C(=O)C(C)(C)CS. The fourth-order valence-electron chi connectivity index (χ4n) is 1.91. The van der Waals surface area contributed by atoms with Crippen molar-refractivity contribution in [2.24, 2.45) is 5.41 Å². The summed E-state index contributed by atoms with van der Waals surface area (Å²) in [7, 11) is 1.60. The summed E-state index contributed by atoms with van der Waals surface area (Å²) in [6, 6.07) is -0.295. The lowest BCUT2D eigenvalue weighted by molar-refractivity contribution is -0.144. The second-order valence-corrected chi connectivity index (χ2v) is 5.13. The molecule has 1 fully saturated rings. The second-order valence-electron chi connectivity index (χ2n) is 4.81. The van der Waals surface area contributed by atoms with E-state index in [1.807, 2.05) is 13.8 Å². The third-order valence-electron chi connectivity index (χ3n) is 3.04. The Balaban J connectivity index is 2.79. The monoisotopic (exact) mass is 244 g/mol. The molecule has 16 heavy (non-hydrogen) atoms. The van der Waals surface area contributed by atoms with Crippen molar-refractivity contribution >= 4 is 24.4 Å². The van der Waals surface area contributed by atoms with Gasteiger partial charge in [0, 0.05) is 19.3 Å². The van der Waals surface area contributed by atoms with Gasteiger partial charge in [-0.3, -0.25) is 9.59 Å². The average Bonchev–Trinajstić information content (AvgIpc) is 2.75. The maximum atomic E-state index is 12.2. The Bertz CT molecular complexity index is 292. The number of carbonyl (C=O) groups excluding carboxylic acids is 2. The lowest BCUT2D eigenvalue weighted by Gasteiger charge is -2.31. The highest BCUT2D eigenvalue weighted by Crippen LogP contribution is 2.26. The van der Waals surface area contributed by atoms with Crippen molar-refractivity contribution in [3.63, 3.8) is 0 Å². The maximum absolute atomic E-state index is 12.2. The molecule has 1 aliphatic rings. The first-order valence-electron chi connectivity index (χ1n) is 5.57. The minimum Gasteiger partial charge on any atom is -0.357 e. The van der Waals surface area contributed by atoms with Crippen LogP contribution >= 0.6 is 12.6 Å². The van der Waals surface area contributed by atoms with E-state index >= 15 is 0 Å². The molecule has 1 saturated heterocycles. The number of rotatable bonds is 3. The van der Waals surface area contributed by atoms with Gasteiger partial charge in [-0.15, -0.1) is 0 Å². The lowest BCUT2D eigenvalue weighted by atomic mass is 9.94. The third kappa shape index (κ3) is 2.51. The number of hydrogen-bond donors (Lipinski definition) is 2. The van der Waals surface area contributed by atoms with Gasteiger partial charge in [0.05, 0.1) is 5.41 Å². The Labute approximate surface area is 102 Å². The molecule has 92 valence electrons. The molecular formula is C11H20N2O2S. The Morgan fingerprint density at radius 2 is 2.12 bits per heavy atom. The predicted molar refractivity (Wildman–Crippen MR) is 66.4 cm³/mol. The van der Waals surface area contributed by atoms with Gasteiger partial charge in [-0.1, -0.05) is 13.8 Å². The van der Waals surface area contributed by atoms with Gasteiger partial charge >= 0.3 is 0 Å². The molecule has 1 rings (SSSR count). The summed E-state index contributed by atoms with van der Waals surface area (Å²) in [5.41, 5.74) is -0.500. The first-order valence-corrected chi connectivity index (χ1v) is 6.21. The zero-order valence-corrected chi connectivity index (χ0v) is 11.0. The standard InChI is InChI=1S/C11H20N2O2S/c1-11(2,7-16)10(15)13-6-4-5-8(13)9(14)12-3/h8,16H,4-7H2,1-3H3,(H,12,14). The Morgan fingerprint density at radius 1 is 1.50 bits per heavy atom. The van der Waals surface area contributed by atoms with Crippen LogP contribution < -0.4 is 5.32 Å². The normalized spacial score (nSPS) is 21.0. The van der Waals surface area contributed by atoms with Crippen LogP contribution in [0.4, 0.5) is 0 Å². The molecule has 0 aromatic heterocycles. The number of likely N-dealkylation sites (N-methyl/N-ethyl adjacent to an activating group) is 1. The molecule has 0 aliphatic carbocycles. The van der Waals surface area contributed by atoms with Gasteiger partial charge in [0.1, 0.15) is 6.04 Å². The fourth-order valence-corrected chi connectivity index (χ4v) is 2.04. The van der Waals surface area contributed by atoms with E-state index < -0.39 is 5.41 Å². The Morgan fingerprint density at radius 3 is 2.62 bits per heavy atom. The summed E-state index contributed by atoms with van der Waals surface area (Å²) in [6.07, 6.45) is 1.65. The molecule has 1 heterocycles. The van der Waals surface area contributed by atoms with E-state index in [1.54, 1.807) is 11.9 Å². The van der Waals surface area contributed by atoms with Gasteiger partial charge in [-0.25, -0.2) is 0 Å². The van der Waals surface area contributed by atoms with Gasteiger partial charge in [0.25, 0.3) is 0 Å². The predicted octanol–water partition coefficient (Wildman–Crippen LogP) is 0.679. The third-order valence-corrected chi connectivity index (χ3v) is 3.83. The van der Waals surface area contributed by atoms with Crippen LogP contribution in [0.2, 0.25) is 0 Å².